The first-order valence-corrected chi connectivity index (χ1v) is 20.5. The first-order valence-electron chi connectivity index (χ1n) is 20.5. The molecule has 0 radical (unpaired) electrons. The van der Waals surface area contributed by atoms with Gasteiger partial charge in [0, 0.05) is 19.3 Å². The summed E-state index contributed by atoms with van der Waals surface area (Å²) in [7, 11) is 0. The molecule has 0 saturated heterocycles. The maximum atomic E-state index is 13.0. The molecular formula is C40H74O15. The van der Waals surface area contributed by atoms with Crippen molar-refractivity contribution in [3.63, 3.8) is 0 Å². The lowest BCUT2D eigenvalue weighted by molar-refractivity contribution is -0.156. The highest BCUT2D eigenvalue weighted by Gasteiger charge is 2.27. The van der Waals surface area contributed by atoms with E-state index in [-0.39, 0.29) is 38.5 Å². The van der Waals surface area contributed by atoms with Crippen LogP contribution in [0.4, 0.5) is 0 Å². The minimum atomic E-state index is -1.26. The van der Waals surface area contributed by atoms with Crippen LogP contribution in [0.15, 0.2) is 0 Å². The molecule has 0 aliphatic heterocycles. The van der Waals surface area contributed by atoms with Crippen LogP contribution in [0, 0.1) is 0 Å². The third-order valence-corrected chi connectivity index (χ3v) is 9.23. The van der Waals surface area contributed by atoms with Crippen molar-refractivity contribution in [2.75, 3.05) is 0 Å². The predicted octanol–water partition coefficient (Wildman–Crippen LogP) is 3.99. The van der Waals surface area contributed by atoms with E-state index in [1.54, 1.807) is 13.8 Å². The number of carboxylic acid groups (broad SMARTS) is 1. The van der Waals surface area contributed by atoms with Crippen LogP contribution in [-0.2, 0) is 33.4 Å². The van der Waals surface area contributed by atoms with Gasteiger partial charge in [-0.15, -0.1) is 0 Å². The Hall–Kier alpha value is -2.40. The molecule has 0 saturated carbocycles. The molecule has 0 aliphatic rings. The van der Waals surface area contributed by atoms with Crippen molar-refractivity contribution < 1.29 is 74.2 Å². The van der Waals surface area contributed by atoms with Crippen LogP contribution >= 0.6 is 0 Å². The lowest BCUT2D eigenvalue weighted by atomic mass is 10.0. The van der Waals surface area contributed by atoms with Gasteiger partial charge in [0.15, 0.2) is 0 Å². The van der Waals surface area contributed by atoms with E-state index in [0.29, 0.717) is 51.4 Å². The van der Waals surface area contributed by atoms with E-state index in [4.69, 9.17) is 19.3 Å². The monoisotopic (exact) mass is 795 g/mol. The third kappa shape index (κ3) is 31.4. The molecule has 15 heteroatoms. The topological polar surface area (TPSA) is 258 Å². The third-order valence-electron chi connectivity index (χ3n) is 9.23. The Morgan fingerprint density at radius 2 is 0.745 bits per heavy atom. The molecule has 0 rings (SSSR count). The number of aliphatic carboxylic acids is 1. The number of aliphatic hydroxyl groups is 7. The maximum Gasteiger partial charge on any atom is 0.308 e. The van der Waals surface area contributed by atoms with Crippen molar-refractivity contribution in [2.24, 2.45) is 0 Å². The van der Waals surface area contributed by atoms with Gasteiger partial charge in [-0.25, -0.2) is 0 Å². The van der Waals surface area contributed by atoms with Gasteiger partial charge in [-0.1, -0.05) is 46.0 Å². The average molecular weight is 795 g/mol. The van der Waals surface area contributed by atoms with Crippen LogP contribution in [0.3, 0.4) is 0 Å². The van der Waals surface area contributed by atoms with Gasteiger partial charge in [-0.05, 0) is 78.1 Å². The van der Waals surface area contributed by atoms with Gasteiger partial charge in [0.25, 0.3) is 0 Å². The fourth-order valence-electron chi connectivity index (χ4n) is 6.36. The lowest BCUT2D eigenvalue weighted by Crippen LogP contribution is -2.31. The van der Waals surface area contributed by atoms with Gasteiger partial charge in [0.05, 0.1) is 68.4 Å². The number of rotatable bonds is 35. The number of hydrogen-bond acceptors (Lipinski definition) is 14. The van der Waals surface area contributed by atoms with Crippen molar-refractivity contribution in [2.45, 2.75) is 230 Å². The Bertz CT molecular complexity index is 1020. The second-order valence-corrected chi connectivity index (χ2v) is 15.3. The van der Waals surface area contributed by atoms with E-state index >= 15 is 0 Å². The van der Waals surface area contributed by atoms with Crippen LogP contribution in [0.25, 0.3) is 0 Å². The minimum Gasteiger partial charge on any atom is -0.481 e. The van der Waals surface area contributed by atoms with Crippen molar-refractivity contribution in [1.82, 2.24) is 0 Å². The summed E-state index contributed by atoms with van der Waals surface area (Å²) in [5, 5.41) is 80.5. The number of ether oxygens (including phenoxy) is 3. The summed E-state index contributed by atoms with van der Waals surface area (Å²) in [5.41, 5.74) is 0. The minimum absolute atomic E-state index is 0.0271. The molecule has 0 aromatic heterocycles. The molecule has 55 heavy (non-hydrogen) atoms. The molecule has 0 fully saturated rings. The first kappa shape index (κ1) is 52.6. The second kappa shape index (κ2) is 31.7. The first-order chi connectivity index (χ1) is 25.9. The Balaban J connectivity index is 5.34. The smallest absolute Gasteiger partial charge is 0.308 e. The van der Waals surface area contributed by atoms with E-state index in [9.17, 15) is 54.9 Å². The highest BCUT2D eigenvalue weighted by atomic mass is 16.6. The largest absolute Gasteiger partial charge is 0.481 e. The molecule has 8 N–H and O–H groups in total. The maximum absolute atomic E-state index is 13.0. The van der Waals surface area contributed by atoms with Crippen LogP contribution in [0.5, 0.6) is 0 Å². The Labute approximate surface area is 327 Å². The Kier molecular flexibility index (Phi) is 30.3. The summed E-state index contributed by atoms with van der Waals surface area (Å²) in [4.78, 5) is 49.5. The van der Waals surface area contributed by atoms with Gasteiger partial charge in [-0.3, -0.25) is 19.2 Å². The highest BCUT2D eigenvalue weighted by molar-refractivity contribution is 5.71. The summed E-state index contributed by atoms with van der Waals surface area (Å²) in [6, 6.07) is 0. The van der Waals surface area contributed by atoms with Crippen LogP contribution in [0.2, 0.25) is 0 Å². The van der Waals surface area contributed by atoms with Gasteiger partial charge in [0.2, 0.25) is 0 Å². The molecule has 0 spiro atoms. The molecule has 0 aliphatic carbocycles. The normalized spacial score (nSPS) is 17.1. The van der Waals surface area contributed by atoms with Crippen LogP contribution in [-0.4, -0.2) is 126 Å². The number of unbranched alkanes of at least 4 members (excludes halogenated alkanes) is 4. The predicted molar refractivity (Wildman–Crippen MR) is 204 cm³/mol. The SMILES string of the molecule is CCCCC[C@@H](O)C[C@@H](O)CC(=O)O[C@H](CCCC(C)O)C[C@@H](O)CC(=O)O[C@H](CCCCC)C[C@@H](O)CC(=O)O[C@H](CCCC(C)O)C[C@@H](O)CC(=O)O. The quantitative estimate of drug-likeness (QED) is 0.0256. The zero-order valence-corrected chi connectivity index (χ0v) is 33.8. The molecule has 0 aromatic carbocycles. The molecule has 0 amide bonds. The van der Waals surface area contributed by atoms with Crippen LogP contribution < -0.4 is 0 Å². The number of hydrogen-bond donors (Lipinski definition) is 8. The fourth-order valence-corrected chi connectivity index (χ4v) is 6.36. The number of carboxylic acids is 1. The van der Waals surface area contributed by atoms with Crippen molar-refractivity contribution >= 4 is 23.9 Å². The van der Waals surface area contributed by atoms with E-state index in [1.807, 2.05) is 13.8 Å². The molecule has 0 bridgehead atoms. The summed E-state index contributed by atoms with van der Waals surface area (Å²) in [6.45, 7) is 7.27. The number of carbonyl (C=O) groups is 4. The van der Waals surface area contributed by atoms with E-state index in [2.05, 4.69) is 0 Å². The van der Waals surface area contributed by atoms with Crippen molar-refractivity contribution in [1.29, 1.82) is 0 Å². The zero-order valence-electron chi connectivity index (χ0n) is 33.8. The molecular weight excluding hydrogens is 720 g/mol. The number of esters is 3. The summed E-state index contributed by atoms with van der Waals surface area (Å²) in [6.07, 6.45) is -2.94. The summed E-state index contributed by atoms with van der Waals surface area (Å²) < 4.78 is 16.7. The van der Waals surface area contributed by atoms with Gasteiger partial charge in [0.1, 0.15) is 18.3 Å². The number of aliphatic hydroxyl groups excluding tert-OH is 7. The van der Waals surface area contributed by atoms with Crippen LogP contribution in [0.1, 0.15) is 169 Å². The molecule has 0 aromatic rings. The summed E-state index contributed by atoms with van der Waals surface area (Å²) >= 11 is 0. The molecule has 10 atom stereocenters. The highest BCUT2D eigenvalue weighted by Crippen LogP contribution is 2.21. The molecule has 0 heterocycles. The van der Waals surface area contributed by atoms with Gasteiger partial charge in [-0.2, -0.15) is 0 Å². The van der Waals surface area contributed by atoms with Crippen molar-refractivity contribution in [3.05, 3.63) is 0 Å². The lowest BCUT2D eigenvalue weighted by Gasteiger charge is -2.24. The standard InChI is InChI=1S/C40H74O15/c1-5-7-9-15-29(43)19-30(44)24-38(50)55-36(18-12-14-28(4)42)22-33(47)26-39(51)53-34(16-10-8-6-2)21-32(46)25-40(52)54-35(17-11-13-27(3)41)20-31(45)23-37(48)49/h27-36,41-47H,5-26H2,1-4H3,(H,48,49)/t27?,28?,29-,30-,31-,32-,33-,34-,35-,36-/m1/s1. The number of carbonyl (C=O) groups excluding carboxylic acids is 3. The molecule has 324 valence electrons. The average Bonchev–Trinajstić information content (AvgIpc) is 3.03. The Morgan fingerprint density at radius 3 is 1.09 bits per heavy atom. The van der Waals surface area contributed by atoms with Gasteiger partial charge < -0.3 is 55.1 Å². The van der Waals surface area contributed by atoms with E-state index in [0.717, 1.165) is 32.1 Å². The van der Waals surface area contributed by atoms with Crippen molar-refractivity contribution in [3.8, 4) is 0 Å². The van der Waals surface area contributed by atoms with E-state index in [1.165, 1.54) is 0 Å². The molecule has 15 nitrogen and oxygen atoms in total. The zero-order chi connectivity index (χ0) is 41.8. The fraction of sp³-hybridized carbons (Fsp3) is 0.900. The summed E-state index contributed by atoms with van der Waals surface area (Å²) in [5.74, 6) is -3.45. The Morgan fingerprint density at radius 1 is 0.418 bits per heavy atom. The second-order valence-electron chi connectivity index (χ2n) is 15.3. The molecule has 2 unspecified atom stereocenters. The van der Waals surface area contributed by atoms with Gasteiger partial charge >= 0.3 is 23.9 Å². The van der Waals surface area contributed by atoms with E-state index < -0.39 is 104 Å².